The topological polar surface area (TPSA) is 84.3 Å². The molecule has 0 saturated carbocycles. The first-order valence-corrected chi connectivity index (χ1v) is 12.6. The molecular formula is C21H28Cl2N4O3S. The highest BCUT2D eigenvalue weighted by Gasteiger charge is 2.33. The minimum absolute atomic E-state index is 0.00843. The van der Waals surface area contributed by atoms with Gasteiger partial charge >= 0.3 is 0 Å². The van der Waals surface area contributed by atoms with Crippen LogP contribution in [0.2, 0.25) is 10.2 Å². The van der Waals surface area contributed by atoms with E-state index in [1.54, 1.807) is 24.9 Å². The number of piperidine rings is 1. The molecule has 0 aliphatic carbocycles. The van der Waals surface area contributed by atoms with Gasteiger partial charge in [-0.05, 0) is 50.2 Å². The zero-order valence-electron chi connectivity index (χ0n) is 17.9. The molecule has 0 bridgehead atoms. The van der Waals surface area contributed by atoms with E-state index in [-0.39, 0.29) is 28.1 Å². The fraction of sp³-hybridized carbons (Fsp3) is 0.524. The Labute approximate surface area is 193 Å². The molecule has 1 aromatic carbocycles. The van der Waals surface area contributed by atoms with Crippen molar-refractivity contribution in [1.82, 2.24) is 19.4 Å². The molecule has 10 heteroatoms. The molecule has 1 amide bonds. The molecule has 1 unspecified atom stereocenters. The molecule has 0 spiro atoms. The van der Waals surface area contributed by atoms with Crippen LogP contribution in [0.5, 0.6) is 0 Å². The number of rotatable bonds is 7. The van der Waals surface area contributed by atoms with Crippen molar-refractivity contribution in [2.45, 2.75) is 50.5 Å². The normalized spacial score (nSPS) is 16.5. The lowest BCUT2D eigenvalue weighted by molar-refractivity contribution is -0.134. The van der Waals surface area contributed by atoms with E-state index in [0.717, 1.165) is 18.4 Å². The Morgan fingerprint density at radius 1 is 1.26 bits per heavy atom. The van der Waals surface area contributed by atoms with Gasteiger partial charge in [-0.3, -0.25) is 9.48 Å². The van der Waals surface area contributed by atoms with E-state index < -0.39 is 16.1 Å². The lowest BCUT2D eigenvalue weighted by atomic mass is 9.98. The summed E-state index contributed by atoms with van der Waals surface area (Å²) in [6.07, 6.45) is 2.56. The van der Waals surface area contributed by atoms with Crippen LogP contribution in [0.15, 0.2) is 29.2 Å². The number of carbonyl (C=O) groups is 1. The maximum atomic E-state index is 13.3. The maximum absolute atomic E-state index is 13.3. The zero-order valence-corrected chi connectivity index (χ0v) is 20.3. The molecule has 0 radical (unpaired) electrons. The van der Waals surface area contributed by atoms with Crippen molar-refractivity contribution in [2.75, 3.05) is 13.1 Å². The van der Waals surface area contributed by atoms with Gasteiger partial charge in [0.2, 0.25) is 15.9 Å². The van der Waals surface area contributed by atoms with Crippen molar-refractivity contribution in [2.24, 2.45) is 13.0 Å². The van der Waals surface area contributed by atoms with Gasteiger partial charge in [-0.15, -0.1) is 0 Å². The summed E-state index contributed by atoms with van der Waals surface area (Å²) in [5, 5.41) is 4.69. The smallest absolute Gasteiger partial charge is 0.246 e. The van der Waals surface area contributed by atoms with E-state index >= 15 is 0 Å². The second-order valence-electron chi connectivity index (χ2n) is 8.14. The first kappa shape index (κ1) is 24.0. The van der Waals surface area contributed by atoms with Gasteiger partial charge in [-0.2, -0.15) is 9.82 Å². The van der Waals surface area contributed by atoms with E-state index in [1.807, 2.05) is 18.2 Å². The molecule has 170 valence electrons. The Hall–Kier alpha value is -1.61. The maximum Gasteiger partial charge on any atom is 0.246 e. The molecule has 2 heterocycles. The Morgan fingerprint density at radius 3 is 2.48 bits per heavy atom. The molecule has 1 N–H and O–H groups in total. The highest BCUT2D eigenvalue weighted by molar-refractivity contribution is 7.89. The van der Waals surface area contributed by atoms with Crippen molar-refractivity contribution in [3.05, 3.63) is 45.7 Å². The minimum atomic E-state index is -4.05. The number of hydrogen-bond donors (Lipinski definition) is 1. The van der Waals surface area contributed by atoms with Crippen molar-refractivity contribution in [3.63, 3.8) is 0 Å². The summed E-state index contributed by atoms with van der Waals surface area (Å²) in [5.41, 5.74) is 1.15. The number of nitrogens with zero attached hydrogens (tertiary/aromatic N) is 3. The fourth-order valence-electron chi connectivity index (χ4n) is 3.85. The summed E-state index contributed by atoms with van der Waals surface area (Å²) in [6, 6.07) is 6.43. The monoisotopic (exact) mass is 486 g/mol. The van der Waals surface area contributed by atoms with E-state index in [1.165, 1.54) is 4.68 Å². The highest BCUT2D eigenvalue weighted by Crippen LogP contribution is 2.26. The fourth-order valence-corrected chi connectivity index (χ4v) is 6.05. The van der Waals surface area contributed by atoms with Crippen LogP contribution in [0.3, 0.4) is 0 Å². The summed E-state index contributed by atoms with van der Waals surface area (Å²) >= 11 is 12.5. The van der Waals surface area contributed by atoms with Crippen molar-refractivity contribution >= 4 is 39.1 Å². The predicted molar refractivity (Wildman–Crippen MR) is 122 cm³/mol. The number of aromatic nitrogens is 2. The van der Waals surface area contributed by atoms with Crippen molar-refractivity contribution in [1.29, 1.82) is 0 Å². The van der Waals surface area contributed by atoms with Crippen molar-refractivity contribution < 1.29 is 13.2 Å². The molecule has 1 aliphatic rings. The molecule has 2 aromatic rings. The summed E-state index contributed by atoms with van der Waals surface area (Å²) in [5.74, 6) is 0.333. The Balaban J connectivity index is 1.85. The quantitative estimate of drug-likeness (QED) is 0.647. The molecule has 31 heavy (non-hydrogen) atoms. The number of likely N-dealkylation sites (tertiary alicyclic amines) is 1. The standard InChI is InChI=1S/C21H28Cl2N4O3S/c1-14-10-12-27(13-11-14)21(28)18(9-8-16-6-4-5-7-17(16)22)25-31(29,30)19-15(2)24-26(3)20(19)23/h4-7,14,18,25H,8-13H2,1-3H3. The Bertz CT molecular complexity index is 1050. The second-order valence-corrected chi connectivity index (χ2v) is 10.6. The SMILES string of the molecule is Cc1nn(C)c(Cl)c1S(=O)(=O)NC(CCc1ccccc1Cl)C(=O)N1CCC(C)CC1. The van der Waals surface area contributed by atoms with E-state index in [2.05, 4.69) is 16.7 Å². The van der Waals surface area contributed by atoms with Gasteiger partial charge in [0.1, 0.15) is 16.1 Å². The second kappa shape index (κ2) is 9.90. The first-order chi connectivity index (χ1) is 14.6. The molecule has 1 aliphatic heterocycles. The van der Waals surface area contributed by atoms with Crippen LogP contribution in [0.4, 0.5) is 0 Å². The molecular weight excluding hydrogens is 459 g/mol. The molecule has 7 nitrogen and oxygen atoms in total. The van der Waals surface area contributed by atoms with Gasteiger partial charge in [0, 0.05) is 25.2 Å². The predicted octanol–water partition coefficient (Wildman–Crippen LogP) is 3.57. The third-order valence-electron chi connectivity index (χ3n) is 5.72. The summed E-state index contributed by atoms with van der Waals surface area (Å²) in [4.78, 5) is 15.0. The zero-order chi connectivity index (χ0) is 22.8. The van der Waals surface area contributed by atoms with Crippen LogP contribution >= 0.6 is 23.2 Å². The van der Waals surface area contributed by atoms with E-state index in [0.29, 0.717) is 30.5 Å². The number of halogens is 2. The third-order valence-corrected chi connectivity index (χ3v) is 8.26. The average Bonchev–Trinajstić information content (AvgIpc) is 2.98. The van der Waals surface area contributed by atoms with Crippen LogP contribution < -0.4 is 4.72 Å². The van der Waals surface area contributed by atoms with Crippen LogP contribution in [0.1, 0.15) is 37.4 Å². The number of nitrogens with one attached hydrogen (secondary N) is 1. The van der Waals surface area contributed by atoms with Gasteiger partial charge in [-0.1, -0.05) is 48.3 Å². The number of carbonyl (C=O) groups excluding carboxylic acids is 1. The first-order valence-electron chi connectivity index (χ1n) is 10.3. The summed E-state index contributed by atoms with van der Waals surface area (Å²) < 4.78 is 30.2. The van der Waals surface area contributed by atoms with Crippen LogP contribution in [-0.4, -0.2) is 48.1 Å². The summed E-state index contributed by atoms with van der Waals surface area (Å²) in [7, 11) is -2.48. The summed E-state index contributed by atoms with van der Waals surface area (Å²) in [6.45, 7) is 4.98. The van der Waals surface area contributed by atoms with Crippen LogP contribution in [0, 0.1) is 12.8 Å². The number of aryl methyl sites for hydroxylation is 3. The number of amides is 1. The van der Waals surface area contributed by atoms with Crippen LogP contribution in [0.25, 0.3) is 0 Å². The van der Waals surface area contributed by atoms with Gasteiger partial charge < -0.3 is 4.90 Å². The van der Waals surface area contributed by atoms with Gasteiger partial charge in [0.25, 0.3) is 0 Å². The number of sulfonamides is 1. The number of hydrogen-bond acceptors (Lipinski definition) is 4. The van der Waals surface area contributed by atoms with Crippen LogP contribution in [-0.2, 0) is 28.3 Å². The lowest BCUT2D eigenvalue weighted by Gasteiger charge is -2.33. The Morgan fingerprint density at radius 2 is 1.90 bits per heavy atom. The third kappa shape index (κ3) is 5.61. The largest absolute Gasteiger partial charge is 0.341 e. The van der Waals surface area contributed by atoms with E-state index in [4.69, 9.17) is 23.2 Å². The molecule has 3 rings (SSSR count). The minimum Gasteiger partial charge on any atom is -0.341 e. The van der Waals surface area contributed by atoms with Gasteiger partial charge in [0.05, 0.1) is 5.69 Å². The molecule has 1 atom stereocenters. The van der Waals surface area contributed by atoms with Gasteiger partial charge in [-0.25, -0.2) is 8.42 Å². The number of benzene rings is 1. The molecule has 1 fully saturated rings. The van der Waals surface area contributed by atoms with Gasteiger partial charge in [0.15, 0.2) is 0 Å². The van der Waals surface area contributed by atoms with E-state index in [9.17, 15) is 13.2 Å². The molecule has 1 aromatic heterocycles. The lowest BCUT2D eigenvalue weighted by Crippen LogP contribution is -2.50. The van der Waals surface area contributed by atoms with Crippen molar-refractivity contribution in [3.8, 4) is 0 Å². The molecule has 1 saturated heterocycles. The average molecular weight is 487 g/mol. The highest BCUT2D eigenvalue weighted by atomic mass is 35.5. The Kier molecular flexibility index (Phi) is 7.68.